The highest BCUT2D eigenvalue weighted by atomic mass is 32.2. The summed E-state index contributed by atoms with van der Waals surface area (Å²) in [5.74, 6) is -0.217. The van der Waals surface area contributed by atoms with Crippen LogP contribution in [-0.2, 0) is 9.53 Å². The zero-order chi connectivity index (χ0) is 23.3. The Hall–Kier alpha value is -1.24. The topological polar surface area (TPSA) is 92.8 Å². The minimum absolute atomic E-state index is 0.121. The van der Waals surface area contributed by atoms with E-state index in [2.05, 4.69) is 6.58 Å². The highest BCUT2D eigenvalue weighted by Crippen LogP contribution is 2.33. The molecule has 2 fully saturated rings. The quantitative estimate of drug-likeness (QED) is 0.215. The summed E-state index contributed by atoms with van der Waals surface area (Å²) in [6.45, 7) is 9.90. The number of carboxylic acids is 1. The van der Waals surface area contributed by atoms with Gasteiger partial charge in [-0.25, -0.2) is 4.79 Å². The number of aliphatic hydroxyl groups is 1. The van der Waals surface area contributed by atoms with Crippen LogP contribution in [0.1, 0.15) is 85.0 Å². The van der Waals surface area contributed by atoms with Crippen molar-refractivity contribution in [3.8, 4) is 0 Å². The molecule has 2 atom stereocenters. The minimum atomic E-state index is -2.03. The SMILES string of the molecule is C=C(/C=C(\C=C/C)OC1CCCCCC1)CC(O)(C(=O)O)C(N)CSC1CCC1.CC. The van der Waals surface area contributed by atoms with Crippen LogP contribution < -0.4 is 5.73 Å². The molecule has 0 aromatic carbocycles. The van der Waals surface area contributed by atoms with Crippen LogP contribution in [0.15, 0.2) is 36.1 Å². The molecule has 2 aliphatic carbocycles. The third kappa shape index (κ3) is 9.42. The van der Waals surface area contributed by atoms with E-state index in [4.69, 9.17) is 10.5 Å². The first-order valence-electron chi connectivity index (χ1n) is 11.9. The standard InChI is InChI=1S/C23H37NO4S.C2H6/c1-3-9-19(28-18-10-6-4-5-7-11-18)14-17(2)15-23(27,22(25)26)21(24)16-29-20-12-8-13-20;1-2/h3,9,14,18,20-21,27H,2,4-8,10-13,15-16,24H2,1H3,(H,25,26);1-2H3/b9-3-,19-14+;. The normalized spacial score (nSPS) is 21.3. The molecule has 0 amide bonds. The molecule has 0 spiro atoms. The first-order chi connectivity index (χ1) is 14.8. The predicted octanol–water partition coefficient (Wildman–Crippen LogP) is 5.59. The lowest BCUT2D eigenvalue weighted by Gasteiger charge is -2.32. The van der Waals surface area contributed by atoms with Crippen molar-refractivity contribution in [2.24, 2.45) is 5.73 Å². The monoisotopic (exact) mass is 453 g/mol. The van der Waals surface area contributed by atoms with E-state index in [0.717, 1.165) is 25.7 Å². The molecule has 2 rings (SSSR count). The fourth-order valence-electron chi connectivity index (χ4n) is 3.72. The van der Waals surface area contributed by atoms with E-state index >= 15 is 0 Å². The van der Waals surface area contributed by atoms with Gasteiger partial charge in [0.2, 0.25) is 0 Å². The number of allylic oxidation sites excluding steroid dienone is 3. The van der Waals surface area contributed by atoms with Crippen LogP contribution in [-0.4, -0.2) is 44.9 Å². The van der Waals surface area contributed by atoms with E-state index in [1.165, 1.54) is 32.1 Å². The second kappa shape index (κ2) is 14.8. The lowest BCUT2D eigenvalue weighted by molar-refractivity contribution is -0.160. The van der Waals surface area contributed by atoms with Crippen LogP contribution in [0.2, 0.25) is 0 Å². The summed E-state index contributed by atoms with van der Waals surface area (Å²) in [6, 6.07) is -0.858. The van der Waals surface area contributed by atoms with Crippen molar-refractivity contribution < 1.29 is 19.7 Å². The molecule has 0 bridgehead atoms. The Morgan fingerprint density at radius 3 is 2.29 bits per heavy atom. The number of aliphatic carboxylic acids is 1. The highest BCUT2D eigenvalue weighted by Gasteiger charge is 2.43. The zero-order valence-corrected chi connectivity index (χ0v) is 20.5. The summed E-state index contributed by atoms with van der Waals surface area (Å²) in [6.07, 6.45) is 15.9. The van der Waals surface area contributed by atoms with Crippen LogP contribution >= 0.6 is 11.8 Å². The second-order valence-electron chi connectivity index (χ2n) is 8.34. The Labute approximate surface area is 193 Å². The van der Waals surface area contributed by atoms with E-state index < -0.39 is 17.6 Å². The van der Waals surface area contributed by atoms with Crippen molar-refractivity contribution in [2.45, 2.75) is 108 Å². The summed E-state index contributed by atoms with van der Waals surface area (Å²) < 4.78 is 6.17. The number of carbonyl (C=O) groups is 1. The van der Waals surface area contributed by atoms with Gasteiger partial charge >= 0.3 is 5.97 Å². The average molecular weight is 454 g/mol. The summed E-state index contributed by atoms with van der Waals surface area (Å²) >= 11 is 1.66. The Bertz CT molecular complexity index is 607. The van der Waals surface area contributed by atoms with Gasteiger partial charge in [-0.2, -0.15) is 11.8 Å². The molecular formula is C25H43NO4S. The minimum Gasteiger partial charge on any atom is -0.490 e. The van der Waals surface area contributed by atoms with Crippen molar-refractivity contribution >= 4 is 17.7 Å². The van der Waals surface area contributed by atoms with Gasteiger partial charge in [-0.05, 0) is 63.2 Å². The van der Waals surface area contributed by atoms with E-state index in [0.29, 0.717) is 22.3 Å². The maximum absolute atomic E-state index is 11.8. The molecule has 0 saturated heterocycles. The number of rotatable bonds is 11. The van der Waals surface area contributed by atoms with Crippen LogP contribution in [0.3, 0.4) is 0 Å². The highest BCUT2D eigenvalue weighted by molar-refractivity contribution is 8.00. The first kappa shape index (κ1) is 27.8. The number of hydrogen-bond acceptors (Lipinski definition) is 5. The van der Waals surface area contributed by atoms with Crippen molar-refractivity contribution in [3.63, 3.8) is 0 Å². The first-order valence-corrected chi connectivity index (χ1v) is 12.9. The van der Waals surface area contributed by atoms with Gasteiger partial charge in [0, 0.05) is 17.4 Å². The maximum atomic E-state index is 11.8. The third-order valence-electron chi connectivity index (χ3n) is 5.83. The van der Waals surface area contributed by atoms with Crippen molar-refractivity contribution in [1.29, 1.82) is 0 Å². The van der Waals surface area contributed by atoms with Gasteiger partial charge in [0.25, 0.3) is 0 Å². The molecule has 4 N–H and O–H groups in total. The van der Waals surface area contributed by atoms with Gasteiger partial charge in [0.15, 0.2) is 5.60 Å². The fraction of sp³-hybridized carbons (Fsp3) is 0.720. The van der Waals surface area contributed by atoms with E-state index in [1.807, 2.05) is 32.9 Å². The predicted molar refractivity (Wildman–Crippen MR) is 131 cm³/mol. The maximum Gasteiger partial charge on any atom is 0.337 e. The molecule has 31 heavy (non-hydrogen) atoms. The van der Waals surface area contributed by atoms with Crippen LogP contribution in [0, 0.1) is 0 Å². The summed E-state index contributed by atoms with van der Waals surface area (Å²) in [7, 11) is 0. The zero-order valence-electron chi connectivity index (χ0n) is 19.6. The molecule has 2 saturated carbocycles. The van der Waals surface area contributed by atoms with E-state index in [-0.39, 0.29) is 12.5 Å². The molecule has 2 aliphatic rings. The van der Waals surface area contributed by atoms with Gasteiger partial charge in [0.1, 0.15) is 5.76 Å². The number of hydrogen-bond donors (Lipinski definition) is 3. The van der Waals surface area contributed by atoms with Gasteiger partial charge in [0.05, 0.1) is 12.1 Å². The second-order valence-corrected chi connectivity index (χ2v) is 9.67. The molecule has 0 heterocycles. The molecule has 5 nitrogen and oxygen atoms in total. The Morgan fingerprint density at radius 2 is 1.81 bits per heavy atom. The van der Waals surface area contributed by atoms with E-state index in [9.17, 15) is 15.0 Å². The molecule has 6 heteroatoms. The number of carboxylic acid groups (broad SMARTS) is 1. The van der Waals surface area contributed by atoms with Gasteiger partial charge < -0.3 is 20.7 Å². The largest absolute Gasteiger partial charge is 0.490 e. The summed E-state index contributed by atoms with van der Waals surface area (Å²) in [5, 5.41) is 21.1. The third-order valence-corrected chi connectivity index (χ3v) is 7.32. The number of nitrogens with two attached hydrogens (primary N) is 1. The number of ether oxygens (including phenoxy) is 1. The molecule has 0 radical (unpaired) electrons. The van der Waals surface area contributed by atoms with Crippen molar-refractivity contribution in [3.05, 3.63) is 36.1 Å². The van der Waals surface area contributed by atoms with Gasteiger partial charge in [-0.15, -0.1) is 0 Å². The molecular weight excluding hydrogens is 410 g/mol. The lowest BCUT2D eigenvalue weighted by Crippen LogP contribution is -2.55. The molecule has 0 aromatic rings. The molecule has 2 unspecified atom stereocenters. The summed E-state index contributed by atoms with van der Waals surface area (Å²) in [5.41, 5.74) is 4.59. The molecule has 0 aliphatic heterocycles. The Kier molecular flexibility index (Phi) is 13.2. The Morgan fingerprint density at radius 1 is 1.19 bits per heavy atom. The number of thioether (sulfide) groups is 1. The average Bonchev–Trinajstić information content (AvgIpc) is 2.96. The Balaban J connectivity index is 0.00000233. The van der Waals surface area contributed by atoms with Gasteiger partial charge in [-0.3, -0.25) is 0 Å². The van der Waals surface area contributed by atoms with Crippen molar-refractivity contribution in [1.82, 2.24) is 0 Å². The van der Waals surface area contributed by atoms with Crippen LogP contribution in [0.5, 0.6) is 0 Å². The van der Waals surface area contributed by atoms with Crippen LogP contribution in [0.4, 0.5) is 0 Å². The summed E-state index contributed by atoms with van der Waals surface area (Å²) in [4.78, 5) is 11.8. The van der Waals surface area contributed by atoms with Crippen molar-refractivity contribution in [2.75, 3.05) is 5.75 Å². The molecule has 178 valence electrons. The van der Waals surface area contributed by atoms with Gasteiger partial charge in [-0.1, -0.05) is 45.8 Å². The smallest absolute Gasteiger partial charge is 0.337 e. The fourth-order valence-corrected chi connectivity index (χ4v) is 5.14. The van der Waals surface area contributed by atoms with E-state index in [1.54, 1.807) is 17.8 Å². The molecule has 0 aromatic heterocycles. The van der Waals surface area contributed by atoms with Crippen LogP contribution in [0.25, 0.3) is 0 Å². The lowest BCUT2D eigenvalue weighted by atomic mass is 9.88.